The minimum absolute atomic E-state index is 0.0831. The van der Waals surface area contributed by atoms with Crippen molar-refractivity contribution < 1.29 is 5.11 Å². The molecule has 0 radical (unpaired) electrons. The van der Waals surface area contributed by atoms with Gasteiger partial charge in [0.2, 0.25) is 0 Å². The first-order chi connectivity index (χ1) is 30.8. The van der Waals surface area contributed by atoms with Gasteiger partial charge in [-0.15, -0.1) is 0 Å². The molecule has 0 atom stereocenters. The van der Waals surface area contributed by atoms with Crippen molar-refractivity contribution in [3.63, 3.8) is 0 Å². The Morgan fingerprint density at radius 2 is 1.03 bits per heavy atom. The summed E-state index contributed by atoms with van der Waals surface area (Å²) in [6.07, 6.45) is 1.93. The highest BCUT2D eigenvalue weighted by molar-refractivity contribution is 5.97. The number of pyridine rings is 1. The van der Waals surface area contributed by atoms with Gasteiger partial charge in [0.1, 0.15) is 11.6 Å². The maximum absolute atomic E-state index is 12.5. The molecule has 0 aliphatic carbocycles. The number of aromatic nitrogens is 3. The quantitative estimate of drug-likeness (QED) is 0.181. The molecule has 6 aromatic carbocycles. The van der Waals surface area contributed by atoms with Crippen LogP contribution in [0.25, 0.3) is 72.7 Å². The normalized spacial score (nSPS) is 12.8. The minimum Gasteiger partial charge on any atom is -0.507 e. The summed E-state index contributed by atoms with van der Waals surface area (Å²) >= 11 is 0. The second kappa shape index (κ2) is 16.6. The van der Waals surface area contributed by atoms with E-state index in [-0.39, 0.29) is 32.8 Å². The van der Waals surface area contributed by atoms with Crippen molar-refractivity contribution in [3.05, 3.63) is 167 Å². The van der Waals surface area contributed by atoms with Gasteiger partial charge in [0, 0.05) is 28.6 Å². The molecule has 4 heteroatoms. The Labute approximate surface area is 394 Å². The molecule has 0 aliphatic heterocycles. The maximum Gasteiger partial charge on any atom is 0.149 e. The Hall–Kier alpha value is -6.26. The van der Waals surface area contributed by atoms with Crippen LogP contribution in [0.2, 0.25) is 0 Å². The molecule has 0 amide bonds. The molecule has 66 heavy (non-hydrogen) atoms. The number of phenols is 1. The molecule has 0 saturated carbocycles. The molecule has 0 fully saturated rings. The lowest BCUT2D eigenvalue weighted by Gasteiger charge is -2.28. The van der Waals surface area contributed by atoms with Crippen LogP contribution in [-0.4, -0.2) is 19.6 Å². The molecular weight excluding hydrogens is 803 g/mol. The third-order valence-electron chi connectivity index (χ3n) is 13.1. The number of nitrogens with zero attached hydrogens (tertiary/aromatic N) is 3. The third-order valence-corrected chi connectivity index (χ3v) is 13.1. The van der Waals surface area contributed by atoms with Crippen LogP contribution in [0.3, 0.4) is 0 Å². The molecule has 338 valence electrons. The summed E-state index contributed by atoms with van der Waals surface area (Å²) in [6, 6.07) is 48.5. The Morgan fingerprint density at radius 1 is 0.409 bits per heavy atom. The topological polar surface area (TPSA) is 50.9 Å². The number of phenolic OH excluding ortho intramolecular Hbond substituents is 1. The van der Waals surface area contributed by atoms with Crippen LogP contribution >= 0.6 is 0 Å². The van der Waals surface area contributed by atoms with Crippen LogP contribution in [0.4, 0.5) is 0 Å². The van der Waals surface area contributed by atoms with Crippen molar-refractivity contribution in [3.8, 4) is 67.5 Å². The highest BCUT2D eigenvalue weighted by Gasteiger charge is 2.30. The van der Waals surface area contributed by atoms with E-state index >= 15 is 0 Å². The van der Waals surface area contributed by atoms with Crippen molar-refractivity contribution in [1.29, 1.82) is 0 Å². The largest absolute Gasteiger partial charge is 0.507 e. The van der Waals surface area contributed by atoms with E-state index in [9.17, 15) is 5.11 Å². The van der Waals surface area contributed by atoms with Crippen LogP contribution < -0.4 is 0 Å². The summed E-state index contributed by atoms with van der Waals surface area (Å²) in [5.41, 5.74) is 17.4. The van der Waals surface area contributed by atoms with E-state index < -0.39 is 0 Å². The zero-order chi connectivity index (χ0) is 47.7. The fourth-order valence-electron chi connectivity index (χ4n) is 9.04. The molecule has 0 spiro atoms. The lowest BCUT2D eigenvalue weighted by Crippen LogP contribution is -2.17. The molecule has 0 aliphatic rings. The fraction of sp³-hybridized carbons (Fsp3) is 0.323. The maximum atomic E-state index is 12.5. The Kier molecular flexibility index (Phi) is 11.6. The highest BCUT2D eigenvalue weighted by atomic mass is 16.3. The van der Waals surface area contributed by atoms with Gasteiger partial charge in [-0.3, -0.25) is 9.55 Å². The Bertz CT molecular complexity index is 3080. The first kappa shape index (κ1) is 46.3. The Morgan fingerprint density at radius 3 is 1.65 bits per heavy atom. The lowest BCUT2D eigenvalue weighted by molar-refractivity contribution is 0.446. The van der Waals surface area contributed by atoms with Crippen molar-refractivity contribution in [2.45, 2.75) is 131 Å². The summed E-state index contributed by atoms with van der Waals surface area (Å²) < 4.78 is 2.28. The second-order valence-electron chi connectivity index (χ2n) is 23.5. The SMILES string of the molecule is CC(C)(C)c1ccc(-c2ccnc(-c3cc(-c4cccc5c4nc(-c4cc(C(C)(C)C)cc(C(C)(C)C)c4O)n5-c4ccc(-c5ccccc5)c(C(C)(C)C)c4)cc(C(C)(C)C)c3)c2)cc1. The van der Waals surface area contributed by atoms with Crippen LogP contribution in [0.15, 0.2) is 140 Å². The number of rotatable bonds is 6. The number of benzene rings is 6. The first-order valence-corrected chi connectivity index (χ1v) is 23.6. The Balaban J connectivity index is 1.40. The molecule has 1 N–H and O–H groups in total. The molecule has 2 heterocycles. The van der Waals surface area contributed by atoms with E-state index in [0.717, 1.165) is 61.4 Å². The zero-order valence-corrected chi connectivity index (χ0v) is 42.1. The average Bonchev–Trinajstić information content (AvgIpc) is 3.64. The number of aromatic hydroxyl groups is 1. The summed E-state index contributed by atoms with van der Waals surface area (Å²) in [6.45, 7) is 33.6. The fourth-order valence-corrected chi connectivity index (χ4v) is 9.04. The summed E-state index contributed by atoms with van der Waals surface area (Å²) in [5, 5.41) is 12.5. The van der Waals surface area contributed by atoms with Gasteiger partial charge in [-0.1, -0.05) is 189 Å². The number of imidazole rings is 1. The average molecular weight is 872 g/mol. The minimum atomic E-state index is -0.316. The van der Waals surface area contributed by atoms with E-state index in [2.05, 4.69) is 242 Å². The van der Waals surface area contributed by atoms with Crippen LogP contribution in [0.5, 0.6) is 5.75 Å². The van der Waals surface area contributed by atoms with Gasteiger partial charge in [-0.2, -0.15) is 0 Å². The number of hydrogen-bond acceptors (Lipinski definition) is 3. The molecule has 2 aromatic heterocycles. The van der Waals surface area contributed by atoms with E-state index in [0.29, 0.717) is 5.82 Å². The molecule has 8 aromatic rings. The van der Waals surface area contributed by atoms with Crippen LogP contribution in [0.1, 0.15) is 132 Å². The molecule has 0 bridgehead atoms. The smallest absolute Gasteiger partial charge is 0.149 e. The van der Waals surface area contributed by atoms with Crippen LogP contribution in [0, 0.1) is 0 Å². The third kappa shape index (κ3) is 9.12. The first-order valence-electron chi connectivity index (χ1n) is 23.6. The number of para-hydroxylation sites is 1. The lowest BCUT2D eigenvalue weighted by atomic mass is 9.78. The van der Waals surface area contributed by atoms with Crippen molar-refractivity contribution in [2.75, 3.05) is 0 Å². The molecular formula is C62H69N3O. The van der Waals surface area contributed by atoms with Crippen LogP contribution in [-0.2, 0) is 27.1 Å². The van der Waals surface area contributed by atoms with Gasteiger partial charge in [-0.05, 0) is 126 Å². The van der Waals surface area contributed by atoms with E-state index in [1.807, 2.05) is 6.20 Å². The molecule has 8 rings (SSSR count). The van der Waals surface area contributed by atoms with Crippen molar-refractivity contribution >= 4 is 11.0 Å². The standard InChI is InChI=1S/C62H69N3O/c1-58(2,3)44-26-24-39(25-27-44)41-30-31-63-53(35-41)43-32-42(33-45(34-43)59(4,5)6)49-22-19-23-54-55(49)64-57(50-36-46(60(7,8)9)37-52(56(50)66)62(13,14)15)65(54)47-28-29-48(40-20-17-16-18-21-40)51(38-47)61(10,11)12/h16-38,66H,1-15H3. The van der Waals surface area contributed by atoms with E-state index in [4.69, 9.17) is 9.97 Å². The van der Waals surface area contributed by atoms with Gasteiger partial charge in [0.25, 0.3) is 0 Å². The highest BCUT2D eigenvalue weighted by Crippen LogP contribution is 2.46. The van der Waals surface area contributed by atoms with Gasteiger partial charge in [0.05, 0.1) is 22.3 Å². The van der Waals surface area contributed by atoms with Gasteiger partial charge < -0.3 is 5.11 Å². The predicted octanol–water partition coefficient (Wildman–Crippen LogP) is 16.9. The second-order valence-corrected chi connectivity index (χ2v) is 23.5. The predicted molar refractivity (Wildman–Crippen MR) is 281 cm³/mol. The molecule has 0 saturated heterocycles. The van der Waals surface area contributed by atoms with Crippen molar-refractivity contribution in [1.82, 2.24) is 14.5 Å². The monoisotopic (exact) mass is 872 g/mol. The van der Waals surface area contributed by atoms with E-state index in [1.165, 1.54) is 33.4 Å². The van der Waals surface area contributed by atoms with Crippen molar-refractivity contribution in [2.24, 2.45) is 0 Å². The van der Waals surface area contributed by atoms with Gasteiger partial charge in [-0.25, -0.2) is 4.98 Å². The number of hydrogen-bond donors (Lipinski definition) is 1. The molecule has 0 unspecified atom stereocenters. The van der Waals surface area contributed by atoms with E-state index in [1.54, 1.807) is 0 Å². The molecule has 4 nitrogen and oxygen atoms in total. The zero-order valence-electron chi connectivity index (χ0n) is 42.1. The van der Waals surface area contributed by atoms with Gasteiger partial charge >= 0.3 is 0 Å². The summed E-state index contributed by atoms with van der Waals surface area (Å²) in [7, 11) is 0. The summed E-state index contributed by atoms with van der Waals surface area (Å²) in [5.74, 6) is 0.972. The van der Waals surface area contributed by atoms with Gasteiger partial charge in [0.15, 0.2) is 0 Å². The number of fused-ring (bicyclic) bond motifs is 1. The summed E-state index contributed by atoms with van der Waals surface area (Å²) in [4.78, 5) is 10.7.